The Morgan fingerprint density at radius 2 is 1.57 bits per heavy atom. The molecule has 13 nitrogen and oxygen atoms in total. The summed E-state index contributed by atoms with van der Waals surface area (Å²) in [7, 11) is 0. The standard InChI is InChI=1S/C41H66O13/c1-20(2)10-9-14-39(8)40(49)17-16-38(7)22-11-12-25-36(4,5)27(13-15-37(25,6)23(22)18-26(43)41(38,40)35(48)54-39)52-34-32(29(45)24(42)19-50-34)53-33-31(47)30(46)28(44)21(3)51-33/h18,20-22,24-34,42-47,49H,9-17,19H2,1-8H3/t21-,22-,24-,25+,26+,27+,28-,29+,30+,31-,32-,33+,34+,37-,38+,39+,40+,41-/m1/s1. The maximum atomic E-state index is 14.3. The second-order valence-electron chi connectivity index (χ2n) is 19.7. The summed E-state index contributed by atoms with van der Waals surface area (Å²) in [6.07, 6.45) is -5.45. The second-order valence-corrected chi connectivity index (χ2v) is 19.7. The smallest absolute Gasteiger partial charge is 0.319 e. The third-order valence-corrected chi connectivity index (χ3v) is 16.1. The number of aliphatic hydroxyl groups excluding tert-OH is 6. The molecule has 4 aliphatic carbocycles. The number of aliphatic hydroxyl groups is 7. The van der Waals surface area contributed by atoms with E-state index in [4.69, 9.17) is 23.7 Å². The Morgan fingerprint density at radius 3 is 2.26 bits per heavy atom. The summed E-state index contributed by atoms with van der Waals surface area (Å²) in [5.41, 5.74) is -4.43. The van der Waals surface area contributed by atoms with E-state index in [2.05, 4.69) is 41.5 Å². The highest BCUT2D eigenvalue weighted by Crippen LogP contribution is 2.77. The van der Waals surface area contributed by atoms with Crippen molar-refractivity contribution in [1.82, 2.24) is 0 Å². The average molecular weight is 767 g/mol. The van der Waals surface area contributed by atoms with Gasteiger partial charge in [0.15, 0.2) is 12.6 Å². The van der Waals surface area contributed by atoms with Crippen molar-refractivity contribution >= 4 is 5.97 Å². The number of hydrogen-bond donors (Lipinski definition) is 7. The van der Waals surface area contributed by atoms with Crippen molar-refractivity contribution < 1.29 is 64.2 Å². The highest BCUT2D eigenvalue weighted by Gasteiger charge is 2.85. The van der Waals surface area contributed by atoms with E-state index in [1.807, 2.05) is 13.0 Å². The van der Waals surface area contributed by atoms with E-state index in [1.165, 1.54) is 6.92 Å². The Balaban J connectivity index is 1.14. The van der Waals surface area contributed by atoms with E-state index in [9.17, 15) is 40.5 Å². The minimum absolute atomic E-state index is 0.0377. The van der Waals surface area contributed by atoms with E-state index in [0.717, 1.165) is 31.3 Å². The molecule has 0 aromatic rings. The molecule has 0 unspecified atom stereocenters. The molecule has 0 aromatic heterocycles. The number of allylic oxidation sites excluding steroid dienone is 1. The van der Waals surface area contributed by atoms with Crippen LogP contribution in [0.5, 0.6) is 0 Å². The van der Waals surface area contributed by atoms with Gasteiger partial charge in [-0.05, 0) is 99.2 Å². The summed E-state index contributed by atoms with van der Waals surface area (Å²) in [6.45, 7) is 16.2. The number of esters is 1. The number of rotatable bonds is 8. The molecule has 1 spiro atoms. The molecule has 0 amide bonds. The summed E-state index contributed by atoms with van der Waals surface area (Å²) >= 11 is 0. The van der Waals surface area contributed by atoms with Crippen LogP contribution < -0.4 is 0 Å². The lowest BCUT2D eigenvalue weighted by atomic mass is 9.40. The van der Waals surface area contributed by atoms with E-state index in [-0.39, 0.29) is 30.0 Å². The predicted octanol–water partition coefficient (Wildman–Crippen LogP) is 2.48. The zero-order valence-corrected chi connectivity index (χ0v) is 33.3. The first-order valence-corrected chi connectivity index (χ1v) is 20.4. The average Bonchev–Trinajstić information content (AvgIpc) is 3.46. The van der Waals surface area contributed by atoms with Gasteiger partial charge in [0.25, 0.3) is 0 Å². The van der Waals surface area contributed by atoms with Crippen LogP contribution in [0.25, 0.3) is 0 Å². The van der Waals surface area contributed by atoms with Gasteiger partial charge in [-0.1, -0.05) is 59.6 Å². The normalized spacial score (nSPS) is 54.0. The van der Waals surface area contributed by atoms with Crippen LogP contribution in [-0.2, 0) is 28.5 Å². The molecule has 308 valence electrons. The molecular weight excluding hydrogens is 700 g/mol. The van der Waals surface area contributed by atoms with Crippen LogP contribution in [-0.4, -0.2) is 127 Å². The van der Waals surface area contributed by atoms with Crippen LogP contribution in [0.2, 0.25) is 0 Å². The van der Waals surface area contributed by atoms with Crippen molar-refractivity contribution in [1.29, 1.82) is 0 Å². The molecule has 3 heterocycles. The van der Waals surface area contributed by atoms with Crippen LogP contribution in [0.1, 0.15) is 113 Å². The number of carbonyl (C=O) groups is 1. The van der Waals surface area contributed by atoms with Gasteiger partial charge in [-0.3, -0.25) is 4.79 Å². The summed E-state index contributed by atoms with van der Waals surface area (Å²) in [5.74, 6) is 0.0586. The number of fused-ring (bicyclic) bond motifs is 4. The molecule has 3 aliphatic heterocycles. The molecule has 0 radical (unpaired) electrons. The zero-order chi connectivity index (χ0) is 39.6. The third-order valence-electron chi connectivity index (χ3n) is 16.1. The van der Waals surface area contributed by atoms with Crippen LogP contribution in [0, 0.1) is 39.4 Å². The summed E-state index contributed by atoms with van der Waals surface area (Å²) in [6, 6.07) is 0. The largest absolute Gasteiger partial charge is 0.456 e. The Morgan fingerprint density at radius 1 is 0.870 bits per heavy atom. The Labute approximate surface area is 319 Å². The SMILES string of the molecule is CC(C)CCC[C@]1(C)OC(=O)[C@]23[C@@H](O)C=C4[C@@H](CC[C@H]5C(C)(C)[C@@H](O[C@@H]6OC[C@@H](O)[C@H](O)[C@H]6O[C@@H]6O[C@H](C)[C@@H](O)[C@H](O)[C@H]6O)CC[C@]45C)[C@]2(C)CC[C@@]31O. The van der Waals surface area contributed by atoms with Gasteiger partial charge in [0.2, 0.25) is 0 Å². The van der Waals surface area contributed by atoms with Crippen LogP contribution >= 0.6 is 0 Å². The fourth-order valence-electron chi connectivity index (χ4n) is 12.9. The van der Waals surface area contributed by atoms with Gasteiger partial charge >= 0.3 is 5.97 Å². The molecule has 18 atom stereocenters. The monoisotopic (exact) mass is 766 g/mol. The molecule has 13 heteroatoms. The van der Waals surface area contributed by atoms with Crippen molar-refractivity contribution in [3.05, 3.63) is 11.6 Å². The topological polar surface area (TPSA) is 205 Å². The van der Waals surface area contributed by atoms with Crippen molar-refractivity contribution in [2.75, 3.05) is 6.61 Å². The molecular formula is C41H66O13. The summed E-state index contributed by atoms with van der Waals surface area (Å²) in [4.78, 5) is 14.3. The molecule has 7 aliphatic rings. The minimum Gasteiger partial charge on any atom is -0.456 e. The molecule has 54 heavy (non-hydrogen) atoms. The minimum atomic E-state index is -1.62. The first kappa shape index (κ1) is 40.9. The van der Waals surface area contributed by atoms with Gasteiger partial charge in [0, 0.05) is 0 Å². The van der Waals surface area contributed by atoms with Gasteiger partial charge in [-0.15, -0.1) is 0 Å². The Hall–Kier alpha value is -1.23. The number of cyclic esters (lactones) is 1. The van der Waals surface area contributed by atoms with Crippen molar-refractivity contribution in [2.45, 2.75) is 192 Å². The molecule has 0 bridgehead atoms. The molecule has 7 N–H and O–H groups in total. The van der Waals surface area contributed by atoms with Crippen LogP contribution in [0.3, 0.4) is 0 Å². The van der Waals surface area contributed by atoms with Crippen LogP contribution in [0.15, 0.2) is 11.6 Å². The van der Waals surface area contributed by atoms with Gasteiger partial charge in [-0.25, -0.2) is 0 Å². The van der Waals surface area contributed by atoms with E-state index < -0.39 is 94.8 Å². The van der Waals surface area contributed by atoms with Crippen LogP contribution in [0.4, 0.5) is 0 Å². The lowest BCUT2D eigenvalue weighted by Crippen LogP contribution is -2.68. The maximum Gasteiger partial charge on any atom is 0.319 e. The fourth-order valence-corrected chi connectivity index (χ4v) is 12.9. The summed E-state index contributed by atoms with van der Waals surface area (Å²) < 4.78 is 30.5. The number of ether oxygens (including phenoxy) is 5. The predicted molar refractivity (Wildman–Crippen MR) is 193 cm³/mol. The molecule has 6 fully saturated rings. The fraction of sp³-hybridized carbons (Fsp3) is 0.927. The lowest BCUT2D eigenvalue weighted by molar-refractivity contribution is -0.363. The van der Waals surface area contributed by atoms with Gasteiger partial charge in [-0.2, -0.15) is 0 Å². The first-order chi connectivity index (χ1) is 25.1. The lowest BCUT2D eigenvalue weighted by Gasteiger charge is -2.64. The highest BCUT2D eigenvalue weighted by atomic mass is 16.8. The van der Waals surface area contributed by atoms with Gasteiger partial charge in [0.05, 0.1) is 24.9 Å². The van der Waals surface area contributed by atoms with E-state index in [0.29, 0.717) is 38.0 Å². The van der Waals surface area contributed by atoms with Crippen molar-refractivity contribution in [3.63, 3.8) is 0 Å². The number of carbonyl (C=O) groups excluding carboxylic acids is 1. The van der Waals surface area contributed by atoms with E-state index in [1.54, 1.807) is 0 Å². The first-order valence-electron chi connectivity index (χ1n) is 20.4. The Bertz CT molecular complexity index is 1470. The highest BCUT2D eigenvalue weighted by molar-refractivity contribution is 5.86. The number of hydrogen-bond acceptors (Lipinski definition) is 13. The van der Waals surface area contributed by atoms with Gasteiger partial charge in [0.1, 0.15) is 53.2 Å². The molecule has 7 rings (SSSR count). The molecule has 3 saturated heterocycles. The summed E-state index contributed by atoms with van der Waals surface area (Å²) in [5, 5.41) is 77.8. The quantitative estimate of drug-likeness (QED) is 0.108. The molecule has 0 aromatic carbocycles. The van der Waals surface area contributed by atoms with Crippen molar-refractivity contribution in [2.24, 2.45) is 39.4 Å². The second kappa shape index (κ2) is 13.7. The van der Waals surface area contributed by atoms with Gasteiger partial charge < -0.3 is 59.4 Å². The molecule has 3 saturated carbocycles. The van der Waals surface area contributed by atoms with E-state index >= 15 is 0 Å². The zero-order valence-electron chi connectivity index (χ0n) is 33.3. The van der Waals surface area contributed by atoms with Crippen molar-refractivity contribution in [3.8, 4) is 0 Å². The third kappa shape index (κ3) is 5.53. The Kier molecular flexibility index (Phi) is 10.4. The maximum absolute atomic E-state index is 14.3.